The van der Waals surface area contributed by atoms with Gasteiger partial charge in [0.1, 0.15) is 11.1 Å². The molecular formula is C20H16BrClF2N4O3. The van der Waals surface area contributed by atoms with Crippen LogP contribution in [0.4, 0.5) is 25.1 Å². The lowest BCUT2D eigenvalue weighted by molar-refractivity contribution is 0.0597. The van der Waals surface area contributed by atoms with Gasteiger partial charge in [0.2, 0.25) is 0 Å². The fourth-order valence-corrected chi connectivity index (χ4v) is 3.19. The summed E-state index contributed by atoms with van der Waals surface area (Å²) < 4.78 is 33.1. The largest absolute Gasteiger partial charge is 0.443 e. The predicted molar refractivity (Wildman–Crippen MR) is 115 cm³/mol. The Balaban J connectivity index is 2.35. The Morgan fingerprint density at radius 3 is 2.61 bits per heavy atom. The van der Waals surface area contributed by atoms with E-state index in [4.69, 9.17) is 16.3 Å². The zero-order valence-corrected chi connectivity index (χ0v) is 18.9. The Kier molecular flexibility index (Phi) is 6.51. The molecule has 0 bridgehead atoms. The molecule has 1 aromatic carbocycles. The van der Waals surface area contributed by atoms with E-state index in [0.717, 1.165) is 4.90 Å². The molecule has 3 rings (SSSR count). The van der Waals surface area contributed by atoms with Crippen LogP contribution in [0.15, 0.2) is 34.9 Å². The summed E-state index contributed by atoms with van der Waals surface area (Å²) in [6.45, 7) is 4.97. The molecule has 7 nitrogen and oxygen atoms in total. The molecule has 3 aromatic rings. The highest BCUT2D eigenvalue weighted by atomic mass is 79.9. The average Bonchev–Trinajstić information content (AvgIpc) is 2.69. The zero-order valence-electron chi connectivity index (χ0n) is 16.6. The molecule has 31 heavy (non-hydrogen) atoms. The molecule has 0 atom stereocenters. The van der Waals surface area contributed by atoms with Crippen molar-refractivity contribution >= 4 is 62.4 Å². The number of fused-ring (bicyclic) bond motifs is 1. The van der Waals surface area contributed by atoms with Crippen LogP contribution in [-0.4, -0.2) is 32.9 Å². The minimum Gasteiger partial charge on any atom is -0.443 e. The minimum absolute atomic E-state index is 0.0110. The quantitative estimate of drug-likeness (QED) is 0.383. The lowest BCUT2D eigenvalue weighted by Gasteiger charge is -2.28. The molecule has 2 aromatic heterocycles. The van der Waals surface area contributed by atoms with E-state index in [2.05, 4.69) is 30.9 Å². The molecule has 0 aliphatic heterocycles. The molecule has 0 N–H and O–H groups in total. The maximum atomic E-state index is 13.6. The first-order chi connectivity index (χ1) is 14.5. The molecule has 0 radical (unpaired) electrons. The number of benzene rings is 1. The van der Waals surface area contributed by atoms with Gasteiger partial charge in [-0.1, -0.05) is 17.7 Å². The van der Waals surface area contributed by atoms with E-state index in [0.29, 0.717) is 10.8 Å². The second-order valence-corrected chi connectivity index (χ2v) is 8.58. The molecule has 162 valence electrons. The third kappa shape index (κ3) is 4.96. The topological polar surface area (TPSA) is 85.3 Å². The Morgan fingerprint density at radius 2 is 2.00 bits per heavy atom. The summed E-state index contributed by atoms with van der Waals surface area (Å²) in [5, 5.41) is 0.128. The molecule has 0 spiro atoms. The Bertz CT molecular complexity index is 1170. The first kappa shape index (κ1) is 23.0. The fraction of sp³-hybridized carbons (Fsp3) is 0.250. The first-order valence-electron chi connectivity index (χ1n) is 8.90. The maximum absolute atomic E-state index is 13.6. The smallest absolute Gasteiger partial charge is 0.420 e. The number of hydrogen-bond donors (Lipinski definition) is 0. The molecule has 1 amide bonds. The van der Waals surface area contributed by atoms with Gasteiger partial charge in [-0.25, -0.2) is 33.4 Å². The second-order valence-electron chi connectivity index (χ2n) is 7.35. The number of halogens is 4. The van der Waals surface area contributed by atoms with E-state index in [-0.39, 0.29) is 33.1 Å². The van der Waals surface area contributed by atoms with Crippen molar-refractivity contribution in [1.82, 2.24) is 15.0 Å². The number of carbonyl (C=O) groups is 2. The van der Waals surface area contributed by atoms with Crippen molar-refractivity contribution in [2.24, 2.45) is 0 Å². The molecule has 0 saturated carbocycles. The van der Waals surface area contributed by atoms with Crippen LogP contribution in [0.5, 0.6) is 0 Å². The van der Waals surface area contributed by atoms with E-state index < -0.39 is 23.9 Å². The van der Waals surface area contributed by atoms with Gasteiger partial charge in [0, 0.05) is 16.2 Å². The van der Waals surface area contributed by atoms with Crippen molar-refractivity contribution in [3.8, 4) is 0 Å². The molecular weight excluding hydrogens is 498 g/mol. The van der Waals surface area contributed by atoms with Crippen LogP contribution in [0, 0.1) is 0 Å². The average molecular weight is 514 g/mol. The number of pyridine rings is 1. The lowest BCUT2D eigenvalue weighted by Crippen LogP contribution is -2.35. The number of aldehydes is 1. The number of hydrogen-bond acceptors (Lipinski definition) is 6. The number of ether oxygens (including phenoxy) is 1. The van der Waals surface area contributed by atoms with Gasteiger partial charge < -0.3 is 4.74 Å². The van der Waals surface area contributed by atoms with Crippen LogP contribution in [0.2, 0.25) is 5.02 Å². The van der Waals surface area contributed by atoms with Gasteiger partial charge in [-0.2, -0.15) is 0 Å². The normalized spacial score (nSPS) is 11.6. The Hall–Kier alpha value is -2.72. The van der Waals surface area contributed by atoms with Gasteiger partial charge in [-0.15, -0.1) is 0 Å². The van der Waals surface area contributed by atoms with Crippen LogP contribution in [-0.2, 0) is 4.74 Å². The number of nitrogens with zero attached hydrogens (tertiary/aromatic N) is 4. The number of anilines is 2. The van der Waals surface area contributed by atoms with Gasteiger partial charge in [-0.05, 0) is 54.9 Å². The maximum Gasteiger partial charge on any atom is 0.420 e. The number of alkyl halides is 2. The highest BCUT2D eigenvalue weighted by molar-refractivity contribution is 9.10. The van der Waals surface area contributed by atoms with Crippen molar-refractivity contribution in [2.45, 2.75) is 32.8 Å². The van der Waals surface area contributed by atoms with Gasteiger partial charge in [0.25, 0.3) is 6.43 Å². The number of carbonyl (C=O) groups excluding carboxylic acids is 2. The monoisotopic (exact) mass is 512 g/mol. The van der Waals surface area contributed by atoms with E-state index in [1.807, 2.05) is 0 Å². The second kappa shape index (κ2) is 8.80. The summed E-state index contributed by atoms with van der Waals surface area (Å²) in [5.74, 6) is -1.10. The van der Waals surface area contributed by atoms with Crippen molar-refractivity contribution in [2.75, 3.05) is 4.90 Å². The van der Waals surface area contributed by atoms with E-state index in [1.165, 1.54) is 18.3 Å². The van der Waals surface area contributed by atoms with Crippen molar-refractivity contribution in [3.05, 3.63) is 51.3 Å². The molecule has 0 aliphatic carbocycles. The van der Waals surface area contributed by atoms with Crippen LogP contribution in [0.25, 0.3) is 11.0 Å². The number of amides is 1. The zero-order chi connectivity index (χ0) is 22.9. The Labute approximate surface area is 189 Å². The highest BCUT2D eigenvalue weighted by Crippen LogP contribution is 2.39. The Morgan fingerprint density at radius 1 is 1.29 bits per heavy atom. The molecule has 0 fully saturated rings. The van der Waals surface area contributed by atoms with Gasteiger partial charge >= 0.3 is 6.09 Å². The highest BCUT2D eigenvalue weighted by Gasteiger charge is 2.31. The van der Waals surface area contributed by atoms with E-state index in [1.54, 1.807) is 32.9 Å². The van der Waals surface area contributed by atoms with E-state index in [9.17, 15) is 18.4 Å². The minimum atomic E-state index is -3.04. The molecule has 0 saturated heterocycles. The molecule has 11 heteroatoms. The number of rotatable bonds is 4. The van der Waals surface area contributed by atoms with E-state index >= 15 is 0 Å². The third-order valence-electron chi connectivity index (χ3n) is 3.85. The fourth-order valence-electron chi connectivity index (χ4n) is 2.63. The molecule has 0 aliphatic rings. The van der Waals surface area contributed by atoms with Crippen LogP contribution in [0.1, 0.15) is 43.4 Å². The van der Waals surface area contributed by atoms with Crippen molar-refractivity contribution in [3.63, 3.8) is 0 Å². The SMILES string of the molecule is CC(C)(C)OC(=O)N(c1cccc(Br)c1Cl)c1nc(C(F)F)nc2cc(C=O)cnc12. The summed E-state index contributed by atoms with van der Waals surface area (Å²) in [5.41, 5.74) is -0.671. The van der Waals surface area contributed by atoms with Crippen molar-refractivity contribution in [1.29, 1.82) is 0 Å². The first-order valence-corrected chi connectivity index (χ1v) is 10.1. The summed E-state index contributed by atoms with van der Waals surface area (Å²) in [6, 6.07) is 6.04. The predicted octanol–water partition coefficient (Wildman–Crippen LogP) is 6.26. The lowest BCUT2D eigenvalue weighted by atomic mass is 10.2. The molecule has 0 unspecified atom stereocenters. The summed E-state index contributed by atoms with van der Waals surface area (Å²) in [4.78, 5) is 37.1. The van der Waals surface area contributed by atoms with Crippen molar-refractivity contribution < 1.29 is 23.1 Å². The molecule has 2 heterocycles. The van der Waals surface area contributed by atoms with Crippen LogP contribution in [0.3, 0.4) is 0 Å². The van der Waals surface area contributed by atoms with Crippen LogP contribution < -0.4 is 4.90 Å². The van der Waals surface area contributed by atoms with Gasteiger partial charge in [0.15, 0.2) is 17.9 Å². The van der Waals surface area contributed by atoms with Gasteiger partial charge in [-0.3, -0.25) is 4.79 Å². The third-order valence-corrected chi connectivity index (χ3v) is 5.13. The standard InChI is InChI=1S/C20H16BrClF2N4O3/c1-20(2,3)31-19(30)28(13-6-4-5-11(21)14(13)22)18-15-12(7-10(9-29)8-25-15)26-17(27-18)16(23)24/h4-9,16H,1-3H3. The summed E-state index contributed by atoms with van der Waals surface area (Å²) in [7, 11) is 0. The van der Waals surface area contributed by atoms with Crippen LogP contribution >= 0.6 is 27.5 Å². The van der Waals surface area contributed by atoms with Gasteiger partial charge in [0.05, 0.1) is 16.2 Å². The summed E-state index contributed by atoms with van der Waals surface area (Å²) >= 11 is 9.69. The number of aromatic nitrogens is 3. The summed E-state index contributed by atoms with van der Waals surface area (Å²) in [6.07, 6.45) is -2.22.